The molecule has 0 unspecified atom stereocenters. The summed E-state index contributed by atoms with van der Waals surface area (Å²) in [6.07, 6.45) is 2.89. The van der Waals surface area contributed by atoms with Crippen molar-refractivity contribution < 1.29 is 9.90 Å². The summed E-state index contributed by atoms with van der Waals surface area (Å²) >= 11 is 1.35. The van der Waals surface area contributed by atoms with E-state index in [0.29, 0.717) is 10.7 Å². The van der Waals surface area contributed by atoms with Gasteiger partial charge in [0.1, 0.15) is 16.8 Å². The first-order chi connectivity index (χ1) is 8.69. The van der Waals surface area contributed by atoms with Gasteiger partial charge in [-0.05, 0) is 24.3 Å². The summed E-state index contributed by atoms with van der Waals surface area (Å²) in [5, 5.41) is 18.0. The molecular weight excluding hydrogens is 250 g/mol. The average molecular weight is 257 g/mol. The maximum absolute atomic E-state index is 10.7. The zero-order valence-electron chi connectivity index (χ0n) is 9.07. The minimum absolute atomic E-state index is 0.150. The zero-order valence-corrected chi connectivity index (χ0v) is 9.89. The molecule has 88 valence electrons. The van der Waals surface area contributed by atoms with Crippen molar-refractivity contribution in [2.75, 3.05) is 0 Å². The van der Waals surface area contributed by atoms with Gasteiger partial charge in [0, 0.05) is 17.3 Å². The van der Waals surface area contributed by atoms with E-state index >= 15 is 0 Å². The van der Waals surface area contributed by atoms with Gasteiger partial charge in [0.05, 0.1) is 5.56 Å². The molecule has 1 N–H and O–H groups in total. The number of aromatic carboxylic acids is 1. The molecule has 0 amide bonds. The van der Waals surface area contributed by atoms with Gasteiger partial charge in [0.15, 0.2) is 0 Å². The first-order valence-corrected chi connectivity index (χ1v) is 5.74. The molecule has 0 aromatic carbocycles. The number of hydrogen-bond acceptors (Lipinski definition) is 5. The Morgan fingerprint density at radius 1 is 1.22 bits per heavy atom. The third-order valence-electron chi connectivity index (χ3n) is 2.06. The lowest BCUT2D eigenvalue weighted by Crippen LogP contribution is -1.96. The Kier molecular flexibility index (Phi) is 3.55. The first kappa shape index (κ1) is 12.1. The fourth-order valence-corrected chi connectivity index (χ4v) is 1.92. The van der Waals surface area contributed by atoms with Gasteiger partial charge < -0.3 is 5.11 Å². The topological polar surface area (TPSA) is 86.9 Å². The molecule has 0 aliphatic carbocycles. The molecule has 0 saturated heterocycles. The minimum Gasteiger partial charge on any atom is -0.478 e. The Hall–Kier alpha value is -2.39. The molecule has 0 aliphatic rings. The Morgan fingerprint density at radius 2 is 2.06 bits per heavy atom. The summed E-state index contributed by atoms with van der Waals surface area (Å²) in [6.45, 7) is 0. The van der Waals surface area contributed by atoms with Crippen molar-refractivity contribution in [1.82, 2.24) is 9.97 Å². The third kappa shape index (κ3) is 2.84. The van der Waals surface area contributed by atoms with E-state index in [1.54, 1.807) is 24.4 Å². The largest absolute Gasteiger partial charge is 0.478 e. The maximum Gasteiger partial charge on any atom is 0.337 e. The van der Waals surface area contributed by atoms with Crippen LogP contribution in [0.5, 0.6) is 0 Å². The Labute approximate surface area is 107 Å². The number of nitrogens with zero attached hydrogens (tertiary/aromatic N) is 3. The predicted octanol–water partition coefficient (Wildman–Crippen LogP) is 2.20. The van der Waals surface area contributed by atoms with Crippen LogP contribution in [0, 0.1) is 11.3 Å². The molecule has 18 heavy (non-hydrogen) atoms. The van der Waals surface area contributed by atoms with Crippen LogP contribution in [0.4, 0.5) is 0 Å². The van der Waals surface area contributed by atoms with Gasteiger partial charge in [0.25, 0.3) is 0 Å². The van der Waals surface area contributed by atoms with Crippen LogP contribution < -0.4 is 0 Å². The molecule has 0 aliphatic heterocycles. The monoisotopic (exact) mass is 257 g/mol. The van der Waals surface area contributed by atoms with E-state index in [2.05, 4.69) is 9.97 Å². The second-order valence-corrected chi connectivity index (χ2v) is 4.38. The van der Waals surface area contributed by atoms with Gasteiger partial charge in [-0.3, -0.25) is 0 Å². The van der Waals surface area contributed by atoms with Gasteiger partial charge in [0.2, 0.25) is 0 Å². The van der Waals surface area contributed by atoms with Crippen LogP contribution in [0.25, 0.3) is 0 Å². The van der Waals surface area contributed by atoms with Crippen LogP contribution in [-0.4, -0.2) is 21.0 Å². The van der Waals surface area contributed by atoms with E-state index < -0.39 is 5.97 Å². The highest BCUT2D eigenvalue weighted by molar-refractivity contribution is 7.99. The molecule has 2 heterocycles. The highest BCUT2D eigenvalue weighted by Crippen LogP contribution is 2.25. The van der Waals surface area contributed by atoms with Crippen molar-refractivity contribution in [1.29, 1.82) is 5.26 Å². The summed E-state index contributed by atoms with van der Waals surface area (Å²) in [5.41, 5.74) is 0.505. The van der Waals surface area contributed by atoms with Gasteiger partial charge in [-0.15, -0.1) is 0 Å². The van der Waals surface area contributed by atoms with Gasteiger partial charge >= 0.3 is 5.97 Å². The number of carboxylic acid groups (broad SMARTS) is 1. The van der Waals surface area contributed by atoms with Crippen LogP contribution in [0.3, 0.4) is 0 Å². The Balaban J connectivity index is 2.13. The summed E-state index contributed by atoms with van der Waals surface area (Å²) in [5.74, 6) is -1.00. The second-order valence-electron chi connectivity index (χ2n) is 3.28. The maximum atomic E-state index is 10.7. The number of carboxylic acids is 1. The molecule has 0 atom stereocenters. The molecule has 0 bridgehead atoms. The molecule has 0 saturated carbocycles. The zero-order chi connectivity index (χ0) is 13.0. The van der Waals surface area contributed by atoms with Crippen molar-refractivity contribution >= 4 is 17.7 Å². The molecule has 2 rings (SSSR count). The normalized spacial score (nSPS) is 9.72. The molecular formula is C12H7N3O2S. The average Bonchev–Trinajstić information content (AvgIpc) is 2.40. The summed E-state index contributed by atoms with van der Waals surface area (Å²) in [4.78, 5) is 19.5. The van der Waals surface area contributed by atoms with E-state index in [-0.39, 0.29) is 5.56 Å². The number of pyridine rings is 2. The van der Waals surface area contributed by atoms with E-state index in [1.807, 2.05) is 6.07 Å². The molecule has 6 heteroatoms. The molecule has 2 aromatic heterocycles. The highest BCUT2D eigenvalue weighted by atomic mass is 32.2. The number of rotatable bonds is 3. The van der Waals surface area contributed by atoms with E-state index in [9.17, 15) is 4.79 Å². The fourth-order valence-electron chi connectivity index (χ4n) is 1.19. The summed E-state index contributed by atoms with van der Waals surface area (Å²) < 4.78 is 0. The fraction of sp³-hybridized carbons (Fsp3) is 0. The lowest BCUT2D eigenvalue weighted by atomic mass is 10.3. The highest BCUT2D eigenvalue weighted by Gasteiger charge is 2.04. The van der Waals surface area contributed by atoms with Crippen LogP contribution in [0.1, 0.15) is 16.1 Å². The molecule has 0 fully saturated rings. The van der Waals surface area contributed by atoms with E-state index in [4.69, 9.17) is 10.4 Å². The number of carbonyl (C=O) groups is 1. The molecule has 0 spiro atoms. The molecule has 5 nitrogen and oxygen atoms in total. The lowest BCUT2D eigenvalue weighted by molar-refractivity contribution is 0.0696. The quantitative estimate of drug-likeness (QED) is 0.906. The SMILES string of the molecule is N#Cc1ccc(Sc2ccc(C(=O)O)cn2)cn1. The van der Waals surface area contributed by atoms with Crippen LogP contribution in [0.2, 0.25) is 0 Å². The van der Waals surface area contributed by atoms with Crippen LogP contribution in [-0.2, 0) is 0 Å². The molecule has 2 aromatic rings. The Morgan fingerprint density at radius 3 is 2.56 bits per heavy atom. The minimum atomic E-state index is -1.00. The Bertz CT molecular complexity index is 603. The standard InChI is InChI=1S/C12H7N3O2S/c13-5-9-2-3-10(7-14-9)18-11-4-1-8(6-15-11)12(16)17/h1-4,6-7H,(H,16,17). The number of hydrogen-bond donors (Lipinski definition) is 1. The number of nitriles is 1. The van der Waals surface area contributed by atoms with Crippen molar-refractivity contribution in [2.45, 2.75) is 9.92 Å². The van der Waals surface area contributed by atoms with Gasteiger partial charge in [-0.1, -0.05) is 11.8 Å². The van der Waals surface area contributed by atoms with Gasteiger partial charge in [-0.25, -0.2) is 14.8 Å². The van der Waals surface area contributed by atoms with Crippen LogP contribution >= 0.6 is 11.8 Å². The lowest BCUT2D eigenvalue weighted by Gasteiger charge is -2.00. The van der Waals surface area contributed by atoms with E-state index in [1.165, 1.54) is 24.0 Å². The van der Waals surface area contributed by atoms with Crippen molar-refractivity contribution in [3.05, 3.63) is 47.9 Å². The van der Waals surface area contributed by atoms with Gasteiger partial charge in [-0.2, -0.15) is 5.26 Å². The summed E-state index contributed by atoms with van der Waals surface area (Å²) in [6, 6.07) is 8.45. The van der Waals surface area contributed by atoms with E-state index in [0.717, 1.165) is 4.90 Å². The molecule has 0 radical (unpaired) electrons. The van der Waals surface area contributed by atoms with Crippen molar-refractivity contribution in [2.24, 2.45) is 0 Å². The predicted molar refractivity (Wildman–Crippen MR) is 64.3 cm³/mol. The van der Waals surface area contributed by atoms with Crippen molar-refractivity contribution in [3.8, 4) is 6.07 Å². The second kappa shape index (κ2) is 5.29. The van der Waals surface area contributed by atoms with Crippen molar-refractivity contribution in [3.63, 3.8) is 0 Å². The first-order valence-electron chi connectivity index (χ1n) is 4.92. The van der Waals surface area contributed by atoms with Crippen LogP contribution in [0.15, 0.2) is 46.6 Å². The smallest absolute Gasteiger partial charge is 0.337 e. The number of aromatic nitrogens is 2. The summed E-state index contributed by atoms with van der Waals surface area (Å²) in [7, 11) is 0. The third-order valence-corrected chi connectivity index (χ3v) is 2.98.